The second kappa shape index (κ2) is 6.70. The van der Waals surface area contributed by atoms with E-state index in [9.17, 15) is 5.26 Å². The highest BCUT2D eigenvalue weighted by Gasteiger charge is 2.19. The maximum absolute atomic E-state index is 9.60. The molecule has 2 aromatic carbocycles. The number of nitrogens with zero attached hydrogens (tertiary/aromatic N) is 2. The van der Waals surface area contributed by atoms with Crippen molar-refractivity contribution in [2.45, 2.75) is 6.04 Å². The summed E-state index contributed by atoms with van der Waals surface area (Å²) in [4.78, 5) is 2.06. The van der Waals surface area contributed by atoms with Crippen LogP contribution in [0.3, 0.4) is 0 Å². The standard InChI is InChI=1S/C18H18N2/c1-3-12-20(13-4-2)18(14-19)17-11-7-9-15-8-5-6-10-16(15)17/h3-11,18H,1-2,12-13H2. The first-order valence-electron chi connectivity index (χ1n) is 6.65. The van der Waals surface area contributed by atoms with E-state index < -0.39 is 0 Å². The first-order chi connectivity index (χ1) is 9.81. The van der Waals surface area contributed by atoms with E-state index in [0.29, 0.717) is 13.1 Å². The smallest absolute Gasteiger partial charge is 0.124 e. The highest BCUT2D eigenvalue weighted by atomic mass is 15.1. The average molecular weight is 262 g/mol. The van der Waals surface area contributed by atoms with Crippen LogP contribution < -0.4 is 0 Å². The molecule has 0 N–H and O–H groups in total. The fourth-order valence-corrected chi connectivity index (χ4v) is 2.45. The van der Waals surface area contributed by atoms with Crippen molar-refractivity contribution in [1.82, 2.24) is 4.90 Å². The van der Waals surface area contributed by atoms with Gasteiger partial charge in [-0.25, -0.2) is 0 Å². The molecule has 0 radical (unpaired) electrons. The highest BCUT2D eigenvalue weighted by Crippen LogP contribution is 2.27. The van der Waals surface area contributed by atoms with Gasteiger partial charge in [0.2, 0.25) is 0 Å². The number of hydrogen-bond acceptors (Lipinski definition) is 2. The molecule has 2 aromatic rings. The molecule has 0 saturated carbocycles. The van der Waals surface area contributed by atoms with Gasteiger partial charge in [-0.3, -0.25) is 4.90 Å². The zero-order valence-corrected chi connectivity index (χ0v) is 11.5. The normalized spacial score (nSPS) is 12.0. The van der Waals surface area contributed by atoms with E-state index in [1.54, 1.807) is 0 Å². The largest absolute Gasteiger partial charge is 0.277 e. The first kappa shape index (κ1) is 14.0. The van der Waals surface area contributed by atoms with Gasteiger partial charge in [-0.15, -0.1) is 13.2 Å². The van der Waals surface area contributed by atoms with Gasteiger partial charge in [0.1, 0.15) is 6.04 Å². The SMILES string of the molecule is C=CCN(CC=C)C(C#N)c1cccc2ccccc12. The molecule has 100 valence electrons. The molecule has 2 rings (SSSR count). The molecule has 0 aliphatic heterocycles. The summed E-state index contributed by atoms with van der Waals surface area (Å²) >= 11 is 0. The maximum Gasteiger partial charge on any atom is 0.124 e. The van der Waals surface area contributed by atoms with Gasteiger partial charge in [0.15, 0.2) is 0 Å². The van der Waals surface area contributed by atoms with Crippen molar-refractivity contribution < 1.29 is 0 Å². The summed E-state index contributed by atoms with van der Waals surface area (Å²) in [5, 5.41) is 11.9. The molecule has 0 saturated heterocycles. The second-order valence-electron chi connectivity index (χ2n) is 4.63. The van der Waals surface area contributed by atoms with Gasteiger partial charge < -0.3 is 0 Å². The molecule has 0 spiro atoms. The maximum atomic E-state index is 9.60. The second-order valence-corrected chi connectivity index (χ2v) is 4.63. The summed E-state index contributed by atoms with van der Waals surface area (Å²) in [6, 6.07) is 16.4. The number of nitriles is 1. The summed E-state index contributed by atoms with van der Waals surface area (Å²) in [7, 11) is 0. The van der Waals surface area contributed by atoms with Gasteiger partial charge in [-0.1, -0.05) is 54.6 Å². The van der Waals surface area contributed by atoms with Crippen LogP contribution in [0.25, 0.3) is 10.8 Å². The van der Waals surface area contributed by atoms with Crippen LogP contribution in [0.15, 0.2) is 67.8 Å². The molecule has 0 aliphatic carbocycles. The topological polar surface area (TPSA) is 27.0 Å². The number of hydrogen-bond donors (Lipinski definition) is 0. The van der Waals surface area contributed by atoms with E-state index >= 15 is 0 Å². The lowest BCUT2D eigenvalue weighted by Gasteiger charge is -2.25. The van der Waals surface area contributed by atoms with E-state index in [2.05, 4.69) is 42.3 Å². The molecule has 2 heteroatoms. The Kier molecular flexibility index (Phi) is 4.70. The predicted octanol–water partition coefficient (Wildman–Crippen LogP) is 4.08. The Bertz CT molecular complexity index is 637. The van der Waals surface area contributed by atoms with E-state index in [0.717, 1.165) is 16.3 Å². The lowest BCUT2D eigenvalue weighted by Crippen LogP contribution is -2.28. The Morgan fingerprint density at radius 2 is 1.70 bits per heavy atom. The Morgan fingerprint density at radius 1 is 1.05 bits per heavy atom. The minimum absolute atomic E-state index is 0.294. The molecule has 1 unspecified atom stereocenters. The van der Waals surface area contributed by atoms with Crippen molar-refractivity contribution in [3.05, 3.63) is 73.3 Å². The van der Waals surface area contributed by atoms with Gasteiger partial charge in [0.25, 0.3) is 0 Å². The first-order valence-corrected chi connectivity index (χ1v) is 6.65. The van der Waals surface area contributed by atoms with Crippen LogP contribution in [0.5, 0.6) is 0 Å². The van der Waals surface area contributed by atoms with Crippen LogP contribution in [0.2, 0.25) is 0 Å². The van der Waals surface area contributed by atoms with Crippen LogP contribution in [-0.2, 0) is 0 Å². The Labute approximate surface area is 120 Å². The Morgan fingerprint density at radius 3 is 2.35 bits per heavy atom. The van der Waals surface area contributed by atoms with Crippen molar-refractivity contribution in [3.63, 3.8) is 0 Å². The van der Waals surface area contributed by atoms with Crippen LogP contribution >= 0.6 is 0 Å². The molecular formula is C18H18N2. The average Bonchev–Trinajstić information content (AvgIpc) is 2.49. The van der Waals surface area contributed by atoms with Gasteiger partial charge in [0, 0.05) is 13.1 Å². The molecule has 0 aliphatic rings. The van der Waals surface area contributed by atoms with Crippen molar-refractivity contribution >= 4 is 10.8 Å². The lowest BCUT2D eigenvalue weighted by molar-refractivity contribution is 0.292. The van der Waals surface area contributed by atoms with Crippen LogP contribution in [-0.4, -0.2) is 18.0 Å². The zero-order chi connectivity index (χ0) is 14.4. The van der Waals surface area contributed by atoms with Gasteiger partial charge in [-0.05, 0) is 16.3 Å². The zero-order valence-electron chi connectivity index (χ0n) is 11.5. The molecule has 0 amide bonds. The summed E-state index contributed by atoms with van der Waals surface area (Å²) in [6.45, 7) is 8.86. The van der Waals surface area contributed by atoms with Crippen LogP contribution in [0, 0.1) is 11.3 Å². The molecule has 20 heavy (non-hydrogen) atoms. The number of rotatable bonds is 6. The molecule has 0 aromatic heterocycles. The van der Waals surface area contributed by atoms with Crippen molar-refractivity contribution in [1.29, 1.82) is 5.26 Å². The summed E-state index contributed by atoms with van der Waals surface area (Å²) < 4.78 is 0. The molecule has 1 atom stereocenters. The summed E-state index contributed by atoms with van der Waals surface area (Å²) in [6.07, 6.45) is 3.64. The molecule has 0 heterocycles. The van der Waals surface area contributed by atoms with E-state index in [1.165, 1.54) is 0 Å². The highest BCUT2D eigenvalue weighted by molar-refractivity contribution is 5.86. The third-order valence-electron chi connectivity index (χ3n) is 3.33. The number of fused-ring (bicyclic) bond motifs is 1. The fourth-order valence-electron chi connectivity index (χ4n) is 2.45. The van der Waals surface area contributed by atoms with Gasteiger partial charge in [-0.2, -0.15) is 5.26 Å². The minimum Gasteiger partial charge on any atom is -0.277 e. The van der Waals surface area contributed by atoms with Gasteiger partial charge in [0.05, 0.1) is 6.07 Å². The molecular weight excluding hydrogens is 244 g/mol. The number of benzene rings is 2. The monoisotopic (exact) mass is 262 g/mol. The van der Waals surface area contributed by atoms with E-state index in [1.807, 2.05) is 36.4 Å². The fraction of sp³-hybridized carbons (Fsp3) is 0.167. The predicted molar refractivity (Wildman–Crippen MR) is 84.3 cm³/mol. The third-order valence-corrected chi connectivity index (χ3v) is 3.33. The molecule has 2 nitrogen and oxygen atoms in total. The summed E-state index contributed by atoms with van der Waals surface area (Å²) in [5.41, 5.74) is 1.04. The van der Waals surface area contributed by atoms with E-state index in [4.69, 9.17) is 0 Å². The third kappa shape index (κ3) is 2.79. The van der Waals surface area contributed by atoms with Gasteiger partial charge >= 0.3 is 0 Å². The minimum atomic E-state index is -0.294. The van der Waals surface area contributed by atoms with Crippen LogP contribution in [0.4, 0.5) is 0 Å². The summed E-state index contributed by atoms with van der Waals surface area (Å²) in [5.74, 6) is 0. The van der Waals surface area contributed by atoms with Crippen molar-refractivity contribution in [3.8, 4) is 6.07 Å². The van der Waals surface area contributed by atoms with Crippen molar-refractivity contribution in [2.24, 2.45) is 0 Å². The van der Waals surface area contributed by atoms with E-state index in [-0.39, 0.29) is 6.04 Å². The molecule has 0 fully saturated rings. The quantitative estimate of drug-likeness (QED) is 0.733. The lowest BCUT2D eigenvalue weighted by atomic mass is 9.98. The molecule has 0 bridgehead atoms. The van der Waals surface area contributed by atoms with Crippen LogP contribution in [0.1, 0.15) is 11.6 Å². The Hall–Kier alpha value is -2.37. The Balaban J connectivity index is 2.51. The van der Waals surface area contributed by atoms with Crippen molar-refractivity contribution in [2.75, 3.05) is 13.1 Å².